The van der Waals surface area contributed by atoms with E-state index in [4.69, 9.17) is 14.3 Å². The van der Waals surface area contributed by atoms with Gasteiger partial charge in [0.15, 0.2) is 6.10 Å². The second-order valence-corrected chi connectivity index (χ2v) is 4.19. The van der Waals surface area contributed by atoms with Crippen LogP contribution in [0.3, 0.4) is 0 Å². The molecule has 0 aliphatic carbocycles. The van der Waals surface area contributed by atoms with Crippen LogP contribution in [0.2, 0.25) is 0 Å². The fraction of sp³-hybridized carbons (Fsp3) is 0.182. The van der Waals surface area contributed by atoms with E-state index in [0.717, 1.165) is 5.39 Å². The van der Waals surface area contributed by atoms with Gasteiger partial charge in [0.05, 0.1) is 10.7 Å². The van der Waals surface area contributed by atoms with Crippen LogP contribution in [0.4, 0.5) is 0 Å². The number of benzene rings is 1. The molecule has 0 bridgehead atoms. The number of ether oxygens (including phenoxy) is 1. The molecule has 2 rings (SSSR count). The highest BCUT2D eigenvalue weighted by molar-refractivity contribution is 9.10. The molecule has 1 aromatic carbocycles. The molecular weight excluding hydrogens is 276 g/mol. The van der Waals surface area contributed by atoms with E-state index in [0.29, 0.717) is 15.8 Å². The van der Waals surface area contributed by atoms with Gasteiger partial charge >= 0.3 is 5.97 Å². The minimum atomic E-state index is -1.01. The zero-order valence-corrected chi connectivity index (χ0v) is 10.0. The summed E-state index contributed by atoms with van der Waals surface area (Å²) < 4.78 is 11.2. The van der Waals surface area contributed by atoms with Gasteiger partial charge in [-0.1, -0.05) is 0 Å². The molecule has 84 valence electrons. The van der Waals surface area contributed by atoms with Crippen molar-refractivity contribution in [2.75, 3.05) is 0 Å². The van der Waals surface area contributed by atoms with Crippen molar-refractivity contribution in [2.45, 2.75) is 13.0 Å². The van der Waals surface area contributed by atoms with E-state index < -0.39 is 12.1 Å². The summed E-state index contributed by atoms with van der Waals surface area (Å²) in [5.74, 6) is -0.552. The number of rotatable bonds is 3. The lowest BCUT2D eigenvalue weighted by molar-refractivity contribution is -0.144. The van der Waals surface area contributed by atoms with Crippen LogP contribution in [0, 0.1) is 0 Å². The van der Waals surface area contributed by atoms with Gasteiger partial charge in [-0.05, 0) is 35.0 Å². The van der Waals surface area contributed by atoms with Crippen molar-refractivity contribution < 1.29 is 19.1 Å². The third kappa shape index (κ3) is 2.04. The fourth-order valence-electron chi connectivity index (χ4n) is 1.29. The maximum Gasteiger partial charge on any atom is 0.344 e. The van der Waals surface area contributed by atoms with E-state index in [1.165, 1.54) is 6.92 Å². The summed E-state index contributed by atoms with van der Waals surface area (Å²) >= 11 is 3.32. The Morgan fingerprint density at radius 1 is 1.56 bits per heavy atom. The highest BCUT2D eigenvalue weighted by Crippen LogP contribution is 2.31. The van der Waals surface area contributed by atoms with Gasteiger partial charge in [0.25, 0.3) is 0 Å². The molecule has 0 aliphatic rings. The first kappa shape index (κ1) is 11.0. The SMILES string of the molecule is C[C@@H](Oc1cc2occc2cc1Br)C(=O)O. The number of furan rings is 1. The summed E-state index contributed by atoms with van der Waals surface area (Å²) in [4.78, 5) is 10.7. The number of fused-ring (bicyclic) bond motifs is 1. The van der Waals surface area contributed by atoms with Gasteiger partial charge in [-0.2, -0.15) is 0 Å². The summed E-state index contributed by atoms with van der Waals surface area (Å²) in [7, 11) is 0. The van der Waals surface area contributed by atoms with Gasteiger partial charge in [0, 0.05) is 11.5 Å². The van der Waals surface area contributed by atoms with Crippen molar-refractivity contribution in [1.82, 2.24) is 0 Å². The lowest BCUT2D eigenvalue weighted by Gasteiger charge is -2.11. The molecule has 1 aromatic heterocycles. The van der Waals surface area contributed by atoms with E-state index >= 15 is 0 Å². The Balaban J connectivity index is 2.36. The quantitative estimate of drug-likeness (QED) is 0.941. The van der Waals surface area contributed by atoms with Gasteiger partial charge < -0.3 is 14.3 Å². The molecule has 1 N–H and O–H groups in total. The monoisotopic (exact) mass is 284 g/mol. The molecule has 0 radical (unpaired) electrons. The van der Waals surface area contributed by atoms with E-state index in [9.17, 15) is 4.79 Å². The van der Waals surface area contributed by atoms with Gasteiger partial charge in [0.2, 0.25) is 0 Å². The lowest BCUT2D eigenvalue weighted by atomic mass is 10.2. The maximum atomic E-state index is 10.7. The average molecular weight is 285 g/mol. The molecule has 0 aliphatic heterocycles. The number of carbonyl (C=O) groups is 1. The van der Waals surface area contributed by atoms with Crippen LogP contribution in [-0.4, -0.2) is 17.2 Å². The van der Waals surface area contributed by atoms with Crippen LogP contribution < -0.4 is 4.74 Å². The molecule has 0 fully saturated rings. The second kappa shape index (κ2) is 4.17. The second-order valence-electron chi connectivity index (χ2n) is 3.34. The van der Waals surface area contributed by atoms with Crippen LogP contribution in [-0.2, 0) is 4.79 Å². The highest BCUT2D eigenvalue weighted by atomic mass is 79.9. The van der Waals surface area contributed by atoms with E-state index in [2.05, 4.69) is 15.9 Å². The van der Waals surface area contributed by atoms with Crippen molar-refractivity contribution in [2.24, 2.45) is 0 Å². The molecule has 0 amide bonds. The zero-order chi connectivity index (χ0) is 11.7. The van der Waals surface area contributed by atoms with E-state index in [1.807, 2.05) is 12.1 Å². The number of hydrogen-bond donors (Lipinski definition) is 1. The number of hydrogen-bond acceptors (Lipinski definition) is 3. The van der Waals surface area contributed by atoms with Crippen LogP contribution in [0.5, 0.6) is 5.75 Å². The average Bonchev–Trinajstić information content (AvgIpc) is 2.65. The normalized spacial score (nSPS) is 12.6. The zero-order valence-electron chi connectivity index (χ0n) is 8.44. The molecule has 0 saturated carbocycles. The van der Waals surface area contributed by atoms with Crippen molar-refractivity contribution in [3.63, 3.8) is 0 Å². The van der Waals surface area contributed by atoms with E-state index in [1.54, 1.807) is 12.3 Å². The number of carboxylic acid groups (broad SMARTS) is 1. The van der Waals surface area contributed by atoms with Crippen LogP contribution in [0.1, 0.15) is 6.92 Å². The van der Waals surface area contributed by atoms with E-state index in [-0.39, 0.29) is 0 Å². The summed E-state index contributed by atoms with van der Waals surface area (Å²) in [6.07, 6.45) is 0.672. The van der Waals surface area contributed by atoms with Crippen molar-refractivity contribution >= 4 is 32.9 Å². The molecule has 5 heteroatoms. The summed E-state index contributed by atoms with van der Waals surface area (Å²) in [6.45, 7) is 1.47. The Morgan fingerprint density at radius 3 is 3.00 bits per heavy atom. The standard InChI is InChI=1S/C11H9BrO4/c1-6(11(13)14)16-10-5-9-7(2-3-15-9)4-8(10)12/h2-6H,1H3,(H,13,14)/t6-/m1/s1. The smallest absolute Gasteiger partial charge is 0.344 e. The van der Waals surface area contributed by atoms with Crippen LogP contribution in [0.25, 0.3) is 11.0 Å². The fourth-order valence-corrected chi connectivity index (χ4v) is 1.75. The Bertz CT molecular complexity index is 532. The minimum absolute atomic E-state index is 0.456. The third-order valence-electron chi connectivity index (χ3n) is 2.16. The Hall–Kier alpha value is -1.49. The third-order valence-corrected chi connectivity index (χ3v) is 2.78. The first-order valence-corrected chi connectivity index (χ1v) is 5.43. The van der Waals surface area contributed by atoms with Crippen molar-refractivity contribution in [3.8, 4) is 5.75 Å². The molecule has 2 aromatic rings. The molecule has 0 saturated heterocycles. The molecule has 0 unspecified atom stereocenters. The highest BCUT2D eigenvalue weighted by Gasteiger charge is 2.15. The van der Waals surface area contributed by atoms with Crippen molar-refractivity contribution in [1.29, 1.82) is 0 Å². The first-order chi connectivity index (χ1) is 7.58. The molecular formula is C11H9BrO4. The number of aliphatic carboxylic acids is 1. The molecule has 0 spiro atoms. The number of carboxylic acids is 1. The van der Waals surface area contributed by atoms with Crippen LogP contribution in [0.15, 0.2) is 33.4 Å². The first-order valence-electron chi connectivity index (χ1n) is 4.64. The minimum Gasteiger partial charge on any atom is -0.479 e. The number of halogens is 1. The Morgan fingerprint density at radius 2 is 2.31 bits per heavy atom. The summed E-state index contributed by atoms with van der Waals surface area (Å²) in [5.41, 5.74) is 0.663. The Kier molecular flexibility index (Phi) is 2.87. The topological polar surface area (TPSA) is 59.7 Å². The predicted molar refractivity (Wildman–Crippen MR) is 61.6 cm³/mol. The van der Waals surface area contributed by atoms with Gasteiger partial charge in [-0.3, -0.25) is 0 Å². The summed E-state index contributed by atoms with van der Waals surface area (Å²) in [6, 6.07) is 5.31. The molecule has 4 nitrogen and oxygen atoms in total. The molecule has 1 heterocycles. The summed E-state index contributed by atoms with van der Waals surface area (Å²) in [5, 5.41) is 9.68. The van der Waals surface area contributed by atoms with Crippen molar-refractivity contribution in [3.05, 3.63) is 28.9 Å². The van der Waals surface area contributed by atoms with Crippen LogP contribution >= 0.6 is 15.9 Å². The largest absolute Gasteiger partial charge is 0.479 e. The molecule has 16 heavy (non-hydrogen) atoms. The Labute approximate surface area is 99.9 Å². The van der Waals surface area contributed by atoms with Gasteiger partial charge in [-0.25, -0.2) is 4.79 Å². The predicted octanol–water partition coefficient (Wildman–Crippen LogP) is 3.05. The van der Waals surface area contributed by atoms with Gasteiger partial charge in [-0.15, -0.1) is 0 Å². The molecule has 1 atom stereocenters. The lowest BCUT2D eigenvalue weighted by Crippen LogP contribution is -2.22. The van der Waals surface area contributed by atoms with Gasteiger partial charge in [0.1, 0.15) is 11.3 Å². The maximum absolute atomic E-state index is 10.7.